The zero-order valence-electron chi connectivity index (χ0n) is 27.4. The molecule has 4 aliphatic carbocycles. The number of fused-ring (bicyclic) bond motifs is 5. The standard InChI is InChI=1S/C36H68N4/c1-27(2)10-8-11-28(3)32-14-15-33-31-13-12-30-24-29(16-18-35(30,4)34(31)17-19-36(32,33)5)25-40-26-39-22-7-6-21-38-23-9-20-37/h25,27-34,38-39H,6-24,26,37H2,1-5H3/b40-25+/t28?,29?,30-,31?,32+,33?,34?,35-,36+/m0/s1. The molecule has 232 valence electrons. The molecule has 4 fully saturated rings. The van der Waals surface area contributed by atoms with Crippen LogP contribution in [0.2, 0.25) is 0 Å². The van der Waals surface area contributed by atoms with Gasteiger partial charge in [0, 0.05) is 6.21 Å². The lowest BCUT2D eigenvalue weighted by Crippen LogP contribution is -2.53. The maximum absolute atomic E-state index is 5.54. The summed E-state index contributed by atoms with van der Waals surface area (Å²) >= 11 is 0. The number of nitrogens with one attached hydrogen (secondary N) is 2. The monoisotopic (exact) mass is 557 g/mol. The Kier molecular flexibility index (Phi) is 12.4. The van der Waals surface area contributed by atoms with E-state index in [0.717, 1.165) is 80.7 Å². The van der Waals surface area contributed by atoms with Crippen molar-refractivity contribution >= 4 is 6.21 Å². The Morgan fingerprint density at radius 1 is 0.800 bits per heavy atom. The summed E-state index contributed by atoms with van der Waals surface area (Å²) in [6.07, 6.45) is 23.5. The molecule has 0 heterocycles. The molecule has 4 nitrogen and oxygen atoms in total. The zero-order chi connectivity index (χ0) is 28.6. The Hall–Kier alpha value is -0.450. The van der Waals surface area contributed by atoms with Crippen molar-refractivity contribution < 1.29 is 0 Å². The summed E-state index contributed by atoms with van der Waals surface area (Å²) in [5.41, 5.74) is 6.76. The van der Waals surface area contributed by atoms with Crippen LogP contribution in [0.4, 0.5) is 0 Å². The molecule has 0 saturated heterocycles. The Labute approximate surface area is 249 Å². The third-order valence-corrected chi connectivity index (χ3v) is 12.9. The summed E-state index contributed by atoms with van der Waals surface area (Å²) in [5, 5.41) is 7.00. The van der Waals surface area contributed by atoms with Crippen LogP contribution in [0.15, 0.2) is 4.99 Å². The molecule has 9 atom stereocenters. The smallest absolute Gasteiger partial charge is 0.0880 e. The van der Waals surface area contributed by atoms with Crippen molar-refractivity contribution in [3.63, 3.8) is 0 Å². The first-order valence-corrected chi connectivity index (χ1v) is 17.9. The van der Waals surface area contributed by atoms with E-state index in [1.54, 1.807) is 0 Å². The van der Waals surface area contributed by atoms with Crippen LogP contribution < -0.4 is 16.4 Å². The van der Waals surface area contributed by atoms with Crippen LogP contribution in [-0.4, -0.2) is 39.1 Å². The zero-order valence-corrected chi connectivity index (χ0v) is 27.4. The molecule has 4 saturated carbocycles. The molecular weight excluding hydrogens is 488 g/mol. The van der Waals surface area contributed by atoms with Gasteiger partial charge in [0.05, 0.1) is 6.67 Å². The number of hydrogen-bond donors (Lipinski definition) is 3. The van der Waals surface area contributed by atoms with Crippen molar-refractivity contribution in [1.82, 2.24) is 10.6 Å². The molecule has 0 amide bonds. The summed E-state index contributed by atoms with van der Waals surface area (Å²) in [6, 6.07) is 0. The predicted octanol–water partition coefficient (Wildman–Crippen LogP) is 8.06. The Morgan fingerprint density at radius 3 is 2.30 bits per heavy atom. The number of rotatable bonds is 16. The fourth-order valence-electron chi connectivity index (χ4n) is 10.6. The van der Waals surface area contributed by atoms with Crippen molar-refractivity contribution in [2.75, 3.05) is 32.8 Å². The summed E-state index contributed by atoms with van der Waals surface area (Å²) in [6.45, 7) is 17.7. The number of nitrogens with zero attached hydrogens (tertiary/aromatic N) is 1. The maximum atomic E-state index is 5.54. The highest BCUT2D eigenvalue weighted by Crippen LogP contribution is 2.68. The Bertz CT molecular complexity index is 766. The third-order valence-electron chi connectivity index (χ3n) is 12.9. The molecule has 4 rings (SSSR count). The van der Waals surface area contributed by atoms with Crippen LogP contribution in [0.5, 0.6) is 0 Å². The second kappa shape index (κ2) is 15.3. The lowest BCUT2D eigenvalue weighted by molar-refractivity contribution is -0.117. The Morgan fingerprint density at radius 2 is 1.52 bits per heavy atom. The molecule has 0 spiro atoms. The summed E-state index contributed by atoms with van der Waals surface area (Å²) in [5.74, 6) is 7.41. The summed E-state index contributed by atoms with van der Waals surface area (Å²) in [4.78, 5) is 4.84. The molecule has 0 aliphatic heterocycles. The van der Waals surface area contributed by atoms with E-state index in [4.69, 9.17) is 10.7 Å². The second-order valence-electron chi connectivity index (χ2n) is 15.8. The predicted molar refractivity (Wildman–Crippen MR) is 174 cm³/mol. The van der Waals surface area contributed by atoms with Crippen LogP contribution in [-0.2, 0) is 0 Å². The maximum Gasteiger partial charge on any atom is 0.0880 e. The minimum atomic E-state index is 0.589. The van der Waals surface area contributed by atoms with Crippen molar-refractivity contribution in [3.05, 3.63) is 0 Å². The topological polar surface area (TPSA) is 62.4 Å². The van der Waals surface area contributed by atoms with Gasteiger partial charge >= 0.3 is 0 Å². The van der Waals surface area contributed by atoms with Gasteiger partial charge in [-0.2, -0.15) is 0 Å². The van der Waals surface area contributed by atoms with Gasteiger partial charge in [-0.25, -0.2) is 0 Å². The molecule has 0 bridgehead atoms. The second-order valence-corrected chi connectivity index (χ2v) is 15.8. The molecule has 4 heteroatoms. The molecule has 4 N–H and O–H groups in total. The highest BCUT2D eigenvalue weighted by atomic mass is 15.0. The average molecular weight is 557 g/mol. The number of aliphatic imine (C=N–C) groups is 1. The van der Waals surface area contributed by atoms with Gasteiger partial charge in [0.2, 0.25) is 0 Å². The van der Waals surface area contributed by atoms with E-state index in [-0.39, 0.29) is 0 Å². The van der Waals surface area contributed by atoms with E-state index in [1.807, 2.05) is 0 Å². The van der Waals surface area contributed by atoms with Gasteiger partial charge in [0.25, 0.3) is 0 Å². The van der Waals surface area contributed by atoms with Crippen LogP contribution in [0, 0.1) is 58.2 Å². The molecule has 0 aromatic heterocycles. The molecule has 40 heavy (non-hydrogen) atoms. The molecule has 0 aromatic rings. The van der Waals surface area contributed by atoms with Gasteiger partial charge in [-0.05, 0) is 161 Å². The van der Waals surface area contributed by atoms with Gasteiger partial charge in [-0.15, -0.1) is 0 Å². The summed E-state index contributed by atoms with van der Waals surface area (Å²) < 4.78 is 0. The molecule has 0 radical (unpaired) electrons. The first-order chi connectivity index (χ1) is 19.3. The number of nitrogens with two attached hydrogens (primary N) is 1. The van der Waals surface area contributed by atoms with E-state index in [2.05, 4.69) is 51.5 Å². The minimum absolute atomic E-state index is 0.589. The lowest BCUT2D eigenvalue weighted by atomic mass is 9.44. The molecule has 5 unspecified atom stereocenters. The Balaban J connectivity index is 1.21. The van der Waals surface area contributed by atoms with Crippen molar-refractivity contribution in [2.24, 2.45) is 68.9 Å². The summed E-state index contributed by atoms with van der Waals surface area (Å²) in [7, 11) is 0. The average Bonchev–Trinajstić information content (AvgIpc) is 3.29. The van der Waals surface area contributed by atoms with E-state index in [9.17, 15) is 0 Å². The van der Waals surface area contributed by atoms with Crippen LogP contribution in [0.25, 0.3) is 0 Å². The van der Waals surface area contributed by atoms with Crippen LogP contribution in [0.3, 0.4) is 0 Å². The van der Waals surface area contributed by atoms with Crippen LogP contribution in [0.1, 0.15) is 131 Å². The normalized spacial score (nSPS) is 38.4. The molecule has 4 aliphatic rings. The van der Waals surface area contributed by atoms with E-state index < -0.39 is 0 Å². The highest BCUT2D eigenvalue weighted by Gasteiger charge is 2.60. The van der Waals surface area contributed by atoms with Crippen molar-refractivity contribution in [1.29, 1.82) is 0 Å². The van der Waals surface area contributed by atoms with Gasteiger partial charge in [0.15, 0.2) is 0 Å². The fourth-order valence-corrected chi connectivity index (χ4v) is 10.6. The first-order valence-electron chi connectivity index (χ1n) is 17.9. The van der Waals surface area contributed by atoms with E-state index >= 15 is 0 Å². The van der Waals surface area contributed by atoms with Gasteiger partial charge in [-0.3, -0.25) is 10.3 Å². The minimum Gasteiger partial charge on any atom is -0.330 e. The van der Waals surface area contributed by atoms with E-state index in [1.165, 1.54) is 89.9 Å². The SMILES string of the molecule is CC(C)CCCC(C)[C@H]1CCC2C3CC[C@H]4CC(/C=N/CNCCCCNCCCN)CC[C@]4(C)C3CC[C@@]21C. The lowest BCUT2D eigenvalue weighted by Gasteiger charge is -2.61. The molecular formula is C36H68N4. The van der Waals surface area contributed by atoms with Gasteiger partial charge in [-0.1, -0.05) is 53.9 Å². The number of unbranched alkanes of at least 4 members (excludes halogenated alkanes) is 1. The largest absolute Gasteiger partial charge is 0.330 e. The van der Waals surface area contributed by atoms with Gasteiger partial charge < -0.3 is 11.1 Å². The van der Waals surface area contributed by atoms with Crippen molar-refractivity contribution in [2.45, 2.75) is 131 Å². The molecule has 0 aromatic carbocycles. The highest BCUT2D eigenvalue weighted by molar-refractivity contribution is 5.61. The number of hydrogen-bond acceptors (Lipinski definition) is 4. The quantitative estimate of drug-likeness (QED) is 0.133. The fraction of sp³-hybridized carbons (Fsp3) is 0.972. The van der Waals surface area contributed by atoms with Gasteiger partial charge in [0.1, 0.15) is 0 Å². The first kappa shape index (κ1) is 32.5. The van der Waals surface area contributed by atoms with Crippen LogP contribution >= 0.6 is 0 Å². The van der Waals surface area contributed by atoms with Crippen molar-refractivity contribution in [3.8, 4) is 0 Å². The third kappa shape index (κ3) is 7.73. The van der Waals surface area contributed by atoms with E-state index in [0.29, 0.717) is 16.7 Å².